The first kappa shape index (κ1) is 15.1. The largest absolute Gasteiger partial charge is 0.376 e. The van der Waals surface area contributed by atoms with Crippen molar-refractivity contribution in [2.45, 2.75) is 32.7 Å². The summed E-state index contributed by atoms with van der Waals surface area (Å²) in [6.45, 7) is 9.71. The highest BCUT2D eigenvalue weighted by Crippen LogP contribution is 2.21. The van der Waals surface area contributed by atoms with Gasteiger partial charge in [-0.25, -0.2) is 0 Å². The highest BCUT2D eigenvalue weighted by Gasteiger charge is 2.19. The highest BCUT2D eigenvalue weighted by molar-refractivity contribution is 5.76. The van der Waals surface area contributed by atoms with Crippen LogP contribution in [-0.2, 0) is 6.54 Å². The molecule has 2 aromatic rings. The first-order chi connectivity index (χ1) is 10.7. The van der Waals surface area contributed by atoms with E-state index in [0.717, 1.165) is 31.6 Å². The summed E-state index contributed by atoms with van der Waals surface area (Å²) in [6, 6.07) is 5.77. The topological polar surface area (TPSA) is 38.4 Å². The van der Waals surface area contributed by atoms with E-state index in [1.165, 1.54) is 17.6 Å². The average Bonchev–Trinajstić information content (AvgIpc) is 2.83. The van der Waals surface area contributed by atoms with Crippen LogP contribution in [0.4, 0.5) is 0 Å². The fraction of sp³-hybridized carbons (Fsp3) is 0.500. The van der Waals surface area contributed by atoms with Gasteiger partial charge in [-0.3, -0.25) is 9.69 Å². The molecule has 0 aliphatic carbocycles. The van der Waals surface area contributed by atoms with Crippen molar-refractivity contribution in [1.82, 2.24) is 9.64 Å². The summed E-state index contributed by atoms with van der Waals surface area (Å²) in [7, 11) is 0. The molecule has 4 nitrogen and oxygen atoms in total. The van der Waals surface area contributed by atoms with E-state index in [1.54, 1.807) is 0 Å². The third-order valence-electron chi connectivity index (χ3n) is 4.64. The lowest BCUT2D eigenvalue weighted by molar-refractivity contribution is 0.176. The first-order valence-electron chi connectivity index (χ1n) is 8.11. The summed E-state index contributed by atoms with van der Waals surface area (Å²) < 4.78 is 7.21. The molecule has 1 aromatic carbocycles. The number of aromatic nitrogens is 1. The van der Waals surface area contributed by atoms with E-state index in [2.05, 4.69) is 11.5 Å². The van der Waals surface area contributed by atoms with Gasteiger partial charge in [0, 0.05) is 6.54 Å². The Kier molecular flexibility index (Phi) is 4.48. The number of hydrogen-bond donors (Lipinski definition) is 0. The molecule has 1 aliphatic heterocycles. The lowest BCUT2D eigenvalue weighted by Crippen LogP contribution is -2.34. The van der Waals surface area contributed by atoms with Gasteiger partial charge in [-0.05, 0) is 57.3 Å². The van der Waals surface area contributed by atoms with Crippen molar-refractivity contribution in [1.29, 1.82) is 0 Å². The number of aryl methyl sites for hydroxylation is 2. The zero-order chi connectivity index (χ0) is 15.5. The zero-order valence-electron chi connectivity index (χ0n) is 13.3. The van der Waals surface area contributed by atoms with E-state index in [-0.39, 0.29) is 5.56 Å². The van der Waals surface area contributed by atoms with Crippen molar-refractivity contribution in [3.05, 3.63) is 46.8 Å². The lowest BCUT2D eigenvalue weighted by atomic mass is 9.93. The van der Waals surface area contributed by atoms with E-state index in [4.69, 9.17) is 4.52 Å². The fourth-order valence-electron chi connectivity index (χ4n) is 3.27. The summed E-state index contributed by atoms with van der Waals surface area (Å²) in [5, 5.41) is 0.695. The van der Waals surface area contributed by atoms with Gasteiger partial charge in [-0.2, -0.15) is 4.74 Å². The molecule has 1 aromatic heterocycles. The molecule has 0 atom stereocenters. The number of fused-ring (bicyclic) bond motifs is 1. The molecule has 1 fully saturated rings. The van der Waals surface area contributed by atoms with E-state index < -0.39 is 0 Å². The summed E-state index contributed by atoms with van der Waals surface area (Å²) in [5.74, 6) is 0.683. The molecule has 0 unspecified atom stereocenters. The molecule has 0 spiro atoms. The molecule has 0 saturated carbocycles. The van der Waals surface area contributed by atoms with Gasteiger partial charge in [0.25, 0.3) is 5.56 Å². The van der Waals surface area contributed by atoms with Crippen LogP contribution in [0.15, 0.2) is 40.2 Å². The van der Waals surface area contributed by atoms with Gasteiger partial charge in [0.05, 0.1) is 11.9 Å². The van der Waals surface area contributed by atoms with E-state index >= 15 is 0 Å². The van der Waals surface area contributed by atoms with Crippen molar-refractivity contribution in [3.8, 4) is 0 Å². The summed E-state index contributed by atoms with van der Waals surface area (Å²) in [4.78, 5) is 14.8. The van der Waals surface area contributed by atoms with Gasteiger partial charge in [-0.15, -0.1) is 6.58 Å². The predicted octanol–water partition coefficient (Wildman–Crippen LogP) is 3.19. The van der Waals surface area contributed by atoms with Crippen molar-refractivity contribution in [2.75, 3.05) is 19.6 Å². The monoisotopic (exact) mass is 300 g/mol. The molecule has 0 amide bonds. The van der Waals surface area contributed by atoms with Crippen LogP contribution < -0.4 is 5.56 Å². The predicted molar refractivity (Wildman–Crippen MR) is 89.2 cm³/mol. The maximum atomic E-state index is 12.3. The van der Waals surface area contributed by atoms with Gasteiger partial charge in [0.15, 0.2) is 5.58 Å². The molecular weight excluding hydrogens is 276 g/mol. The van der Waals surface area contributed by atoms with Crippen LogP contribution >= 0.6 is 0 Å². The van der Waals surface area contributed by atoms with Crippen LogP contribution in [0.25, 0.3) is 11.0 Å². The Balaban J connectivity index is 1.62. The molecule has 118 valence electrons. The van der Waals surface area contributed by atoms with Crippen LogP contribution in [0, 0.1) is 12.8 Å². The van der Waals surface area contributed by atoms with Crippen molar-refractivity contribution >= 4 is 11.0 Å². The third kappa shape index (κ3) is 3.17. The standard InChI is InChI=1S/C18H24N2O2/c1-3-9-19-10-6-15(7-11-19)8-12-20-18(21)16-13-14(2)4-5-17(16)22-20/h3-5,13,15H,1,6-12H2,2H3. The van der Waals surface area contributed by atoms with Crippen LogP contribution in [0.2, 0.25) is 0 Å². The van der Waals surface area contributed by atoms with E-state index in [9.17, 15) is 4.79 Å². The van der Waals surface area contributed by atoms with Crippen LogP contribution in [-0.4, -0.2) is 29.3 Å². The molecule has 4 heteroatoms. The summed E-state index contributed by atoms with van der Waals surface area (Å²) in [5.41, 5.74) is 1.78. The Morgan fingerprint density at radius 3 is 2.86 bits per heavy atom. The summed E-state index contributed by atoms with van der Waals surface area (Å²) >= 11 is 0. The minimum Gasteiger partial charge on any atom is -0.376 e. The maximum Gasteiger partial charge on any atom is 0.290 e. The maximum absolute atomic E-state index is 12.3. The Labute approximate surface area is 131 Å². The quantitative estimate of drug-likeness (QED) is 0.796. The molecule has 22 heavy (non-hydrogen) atoms. The number of hydrogen-bond acceptors (Lipinski definition) is 3. The van der Waals surface area contributed by atoms with E-state index in [1.807, 2.05) is 31.2 Å². The summed E-state index contributed by atoms with van der Waals surface area (Å²) in [6.07, 6.45) is 5.38. The number of piperidine rings is 1. The molecule has 0 bridgehead atoms. The number of rotatable bonds is 5. The number of nitrogens with zero attached hydrogens (tertiary/aromatic N) is 2. The molecule has 3 rings (SSSR count). The minimum absolute atomic E-state index is 0.00259. The molecule has 2 heterocycles. The van der Waals surface area contributed by atoms with Gasteiger partial charge in [-0.1, -0.05) is 17.7 Å². The highest BCUT2D eigenvalue weighted by atomic mass is 16.5. The van der Waals surface area contributed by atoms with Gasteiger partial charge in [0.1, 0.15) is 0 Å². The van der Waals surface area contributed by atoms with Crippen LogP contribution in [0.5, 0.6) is 0 Å². The van der Waals surface area contributed by atoms with Crippen molar-refractivity contribution in [3.63, 3.8) is 0 Å². The normalized spacial score (nSPS) is 17.1. The molecule has 0 radical (unpaired) electrons. The first-order valence-corrected chi connectivity index (χ1v) is 8.11. The van der Waals surface area contributed by atoms with E-state index in [0.29, 0.717) is 23.4 Å². The second-order valence-corrected chi connectivity index (χ2v) is 6.32. The molecule has 1 aliphatic rings. The minimum atomic E-state index is 0.00259. The number of benzene rings is 1. The smallest absolute Gasteiger partial charge is 0.290 e. The van der Waals surface area contributed by atoms with Crippen molar-refractivity contribution in [2.24, 2.45) is 5.92 Å². The van der Waals surface area contributed by atoms with Crippen LogP contribution in [0.3, 0.4) is 0 Å². The van der Waals surface area contributed by atoms with Gasteiger partial charge >= 0.3 is 0 Å². The Bertz CT molecular complexity index is 705. The molecule has 0 N–H and O–H groups in total. The zero-order valence-corrected chi connectivity index (χ0v) is 13.3. The van der Waals surface area contributed by atoms with Gasteiger partial charge < -0.3 is 4.52 Å². The van der Waals surface area contributed by atoms with Gasteiger partial charge in [0.2, 0.25) is 0 Å². The molecular formula is C18H24N2O2. The van der Waals surface area contributed by atoms with Crippen molar-refractivity contribution < 1.29 is 4.52 Å². The second kappa shape index (κ2) is 6.53. The second-order valence-electron chi connectivity index (χ2n) is 6.32. The third-order valence-corrected chi connectivity index (χ3v) is 4.64. The Morgan fingerprint density at radius 2 is 2.14 bits per heavy atom. The number of likely N-dealkylation sites (tertiary alicyclic amines) is 1. The Morgan fingerprint density at radius 1 is 1.36 bits per heavy atom. The SMILES string of the molecule is C=CCN1CCC(CCn2oc3ccc(C)cc3c2=O)CC1. The average molecular weight is 300 g/mol. The molecule has 1 saturated heterocycles. The fourth-order valence-corrected chi connectivity index (χ4v) is 3.27. The lowest BCUT2D eigenvalue weighted by Gasteiger charge is -2.30. The Hall–Kier alpha value is -1.81. The van der Waals surface area contributed by atoms with Crippen LogP contribution in [0.1, 0.15) is 24.8 Å².